The standard InChI is InChI=1S/C21H19FN2OS2/c1-4-5-12-6-7-18-13(8-12)14-9-15(16(22)10-19(14)26-18)17-11-27(25)21(2,3)20(23)24-17/h6-10,17H,11H2,1-3H3,(H2,23,24). The lowest BCUT2D eigenvalue weighted by atomic mass is 10.0. The molecular formula is C21H19FN2OS2. The van der Waals surface area contributed by atoms with E-state index in [2.05, 4.69) is 16.8 Å². The molecule has 27 heavy (non-hydrogen) atoms. The number of amidine groups is 1. The van der Waals surface area contributed by atoms with E-state index in [0.29, 0.717) is 11.4 Å². The predicted molar refractivity (Wildman–Crippen MR) is 113 cm³/mol. The average molecular weight is 399 g/mol. The zero-order valence-corrected chi connectivity index (χ0v) is 16.9. The van der Waals surface area contributed by atoms with Crippen molar-refractivity contribution in [2.75, 3.05) is 5.75 Å². The Bertz CT molecular complexity index is 1200. The third kappa shape index (κ3) is 2.95. The van der Waals surface area contributed by atoms with Gasteiger partial charge in [-0.15, -0.1) is 17.3 Å². The van der Waals surface area contributed by atoms with Crippen molar-refractivity contribution in [2.45, 2.75) is 31.6 Å². The summed E-state index contributed by atoms with van der Waals surface area (Å²) in [5, 5.41) is 2.02. The molecule has 2 unspecified atom stereocenters. The van der Waals surface area contributed by atoms with E-state index in [1.54, 1.807) is 38.2 Å². The Morgan fingerprint density at radius 3 is 2.70 bits per heavy atom. The lowest BCUT2D eigenvalue weighted by Gasteiger charge is -2.31. The van der Waals surface area contributed by atoms with Crippen molar-refractivity contribution < 1.29 is 8.60 Å². The number of nitrogens with zero attached hydrogens (tertiary/aromatic N) is 1. The minimum atomic E-state index is -1.22. The molecule has 2 heterocycles. The summed E-state index contributed by atoms with van der Waals surface area (Å²) in [5.74, 6) is 6.22. The number of hydrogen-bond acceptors (Lipinski definition) is 4. The number of aliphatic imine (C=N–C) groups is 1. The highest BCUT2D eigenvalue weighted by atomic mass is 32.2. The second kappa shape index (κ2) is 6.43. The summed E-state index contributed by atoms with van der Waals surface area (Å²) in [7, 11) is -1.22. The Labute approximate surface area is 163 Å². The van der Waals surface area contributed by atoms with E-state index in [-0.39, 0.29) is 11.6 Å². The van der Waals surface area contributed by atoms with Crippen molar-refractivity contribution in [3.63, 3.8) is 0 Å². The van der Waals surface area contributed by atoms with Gasteiger partial charge < -0.3 is 5.73 Å². The Morgan fingerprint density at radius 2 is 2.00 bits per heavy atom. The maximum absolute atomic E-state index is 14.9. The summed E-state index contributed by atoms with van der Waals surface area (Å²) in [6.45, 7) is 5.41. The number of rotatable bonds is 1. The molecule has 3 aromatic rings. The van der Waals surface area contributed by atoms with E-state index >= 15 is 0 Å². The van der Waals surface area contributed by atoms with Crippen LogP contribution in [0.1, 0.15) is 37.9 Å². The van der Waals surface area contributed by atoms with Gasteiger partial charge in [0.25, 0.3) is 0 Å². The van der Waals surface area contributed by atoms with Crippen LogP contribution in [0.15, 0.2) is 35.3 Å². The van der Waals surface area contributed by atoms with Crippen LogP contribution in [0.5, 0.6) is 0 Å². The molecule has 1 aliphatic rings. The molecular weight excluding hydrogens is 379 g/mol. The molecule has 2 atom stereocenters. The van der Waals surface area contributed by atoms with Crippen molar-refractivity contribution in [3.8, 4) is 11.8 Å². The van der Waals surface area contributed by atoms with Crippen molar-refractivity contribution >= 4 is 48.1 Å². The Kier molecular flexibility index (Phi) is 4.32. The highest BCUT2D eigenvalue weighted by Gasteiger charge is 2.37. The van der Waals surface area contributed by atoms with Crippen molar-refractivity contribution in [2.24, 2.45) is 10.7 Å². The largest absolute Gasteiger partial charge is 0.386 e. The van der Waals surface area contributed by atoms with Crippen LogP contribution in [-0.2, 0) is 10.8 Å². The molecule has 2 aromatic carbocycles. The summed E-state index contributed by atoms with van der Waals surface area (Å²) in [6, 6.07) is 8.88. The fourth-order valence-electron chi connectivity index (χ4n) is 3.28. The summed E-state index contributed by atoms with van der Waals surface area (Å²) < 4.78 is 28.7. The van der Waals surface area contributed by atoms with Crippen LogP contribution in [0.3, 0.4) is 0 Å². The molecule has 0 radical (unpaired) electrons. The molecule has 0 saturated heterocycles. The number of nitrogens with two attached hydrogens (primary N) is 1. The van der Waals surface area contributed by atoms with Gasteiger partial charge in [0.05, 0.1) is 16.5 Å². The van der Waals surface area contributed by atoms with E-state index in [4.69, 9.17) is 5.73 Å². The molecule has 4 rings (SSSR count). The first-order chi connectivity index (χ1) is 12.8. The maximum Gasteiger partial charge on any atom is 0.130 e. The highest BCUT2D eigenvalue weighted by molar-refractivity contribution is 7.87. The molecule has 0 bridgehead atoms. The Morgan fingerprint density at radius 1 is 1.26 bits per heavy atom. The second-order valence-corrected chi connectivity index (χ2v) is 10.2. The third-order valence-electron chi connectivity index (χ3n) is 5.01. The summed E-state index contributed by atoms with van der Waals surface area (Å²) in [6.07, 6.45) is 0. The number of benzene rings is 2. The first-order valence-corrected chi connectivity index (χ1v) is 10.8. The van der Waals surface area contributed by atoms with Gasteiger partial charge in [0, 0.05) is 42.1 Å². The topological polar surface area (TPSA) is 55.5 Å². The number of hydrogen-bond donors (Lipinski definition) is 1. The molecule has 3 nitrogen and oxygen atoms in total. The maximum atomic E-state index is 14.9. The molecule has 1 aliphatic heterocycles. The fraction of sp³-hybridized carbons (Fsp3) is 0.286. The normalized spacial score (nSPS) is 21.7. The summed E-state index contributed by atoms with van der Waals surface area (Å²) >= 11 is 1.55. The highest BCUT2D eigenvalue weighted by Crippen LogP contribution is 2.39. The first-order valence-electron chi connectivity index (χ1n) is 8.62. The smallest absolute Gasteiger partial charge is 0.130 e. The minimum absolute atomic E-state index is 0.269. The van der Waals surface area contributed by atoms with Gasteiger partial charge in [-0.2, -0.15) is 0 Å². The summed E-state index contributed by atoms with van der Waals surface area (Å²) in [5.41, 5.74) is 7.41. The van der Waals surface area contributed by atoms with E-state index in [1.807, 2.05) is 24.3 Å². The molecule has 0 amide bonds. The molecule has 6 heteroatoms. The van der Waals surface area contributed by atoms with Gasteiger partial charge in [-0.25, -0.2) is 4.39 Å². The van der Waals surface area contributed by atoms with E-state index in [9.17, 15) is 8.60 Å². The molecule has 2 N–H and O–H groups in total. The second-order valence-electron chi connectivity index (χ2n) is 7.11. The average Bonchev–Trinajstić information content (AvgIpc) is 2.96. The minimum Gasteiger partial charge on any atom is -0.386 e. The lowest BCUT2D eigenvalue weighted by Crippen LogP contribution is -2.47. The Hall–Kier alpha value is -2.23. The van der Waals surface area contributed by atoms with Gasteiger partial charge in [-0.05, 0) is 51.1 Å². The van der Waals surface area contributed by atoms with E-state index in [1.165, 1.54) is 0 Å². The SMILES string of the molecule is CC#Cc1ccc2sc3cc(F)c(C4CS(=O)C(C)(C)C(N)=N4)cc3c2c1. The number of fused-ring (bicyclic) bond motifs is 3. The van der Waals surface area contributed by atoms with Crippen LogP contribution >= 0.6 is 11.3 Å². The fourth-order valence-corrected chi connectivity index (χ4v) is 5.62. The molecule has 0 fully saturated rings. The van der Waals surface area contributed by atoms with Gasteiger partial charge in [-0.1, -0.05) is 5.92 Å². The molecule has 0 saturated carbocycles. The van der Waals surface area contributed by atoms with Crippen molar-refractivity contribution in [3.05, 3.63) is 47.3 Å². The molecule has 138 valence electrons. The lowest BCUT2D eigenvalue weighted by molar-refractivity contribution is 0.589. The zero-order chi connectivity index (χ0) is 19.3. The number of thiophene rings is 1. The third-order valence-corrected chi connectivity index (χ3v) is 8.11. The van der Waals surface area contributed by atoms with Crippen LogP contribution < -0.4 is 5.73 Å². The van der Waals surface area contributed by atoms with Gasteiger partial charge >= 0.3 is 0 Å². The van der Waals surface area contributed by atoms with Gasteiger partial charge in [0.2, 0.25) is 0 Å². The van der Waals surface area contributed by atoms with Crippen LogP contribution in [0.2, 0.25) is 0 Å². The van der Waals surface area contributed by atoms with Crippen LogP contribution in [0, 0.1) is 17.7 Å². The zero-order valence-electron chi connectivity index (χ0n) is 15.3. The van der Waals surface area contributed by atoms with Gasteiger partial charge in [-0.3, -0.25) is 9.20 Å². The van der Waals surface area contributed by atoms with Gasteiger partial charge in [0.1, 0.15) is 11.7 Å². The van der Waals surface area contributed by atoms with Gasteiger partial charge in [0.15, 0.2) is 0 Å². The monoisotopic (exact) mass is 398 g/mol. The van der Waals surface area contributed by atoms with Crippen LogP contribution in [-0.4, -0.2) is 20.5 Å². The van der Waals surface area contributed by atoms with Crippen LogP contribution in [0.25, 0.3) is 20.2 Å². The quantitative estimate of drug-likeness (QED) is 0.614. The first kappa shape index (κ1) is 18.1. The van der Waals surface area contributed by atoms with E-state index in [0.717, 1.165) is 25.7 Å². The van der Waals surface area contributed by atoms with Crippen LogP contribution in [0.4, 0.5) is 4.39 Å². The predicted octanol–water partition coefficient (Wildman–Crippen LogP) is 4.50. The van der Waals surface area contributed by atoms with Crippen molar-refractivity contribution in [1.82, 2.24) is 0 Å². The molecule has 0 aliphatic carbocycles. The Balaban J connectivity index is 1.91. The van der Waals surface area contributed by atoms with E-state index < -0.39 is 21.6 Å². The summed E-state index contributed by atoms with van der Waals surface area (Å²) in [4.78, 5) is 4.48. The molecule has 1 aromatic heterocycles. The van der Waals surface area contributed by atoms with Crippen molar-refractivity contribution in [1.29, 1.82) is 0 Å². The number of halogens is 1. The molecule has 0 spiro atoms.